The van der Waals surface area contributed by atoms with Crippen LogP contribution in [0.25, 0.3) is 0 Å². The molecule has 2 N–H and O–H groups in total. The zero-order valence-corrected chi connectivity index (χ0v) is 13.0. The van der Waals surface area contributed by atoms with E-state index in [1.807, 2.05) is 6.92 Å². The summed E-state index contributed by atoms with van der Waals surface area (Å²) in [5, 5.41) is 10.1. The van der Waals surface area contributed by atoms with Crippen molar-refractivity contribution >= 4 is 27.3 Å². The number of benzene rings is 2. The summed E-state index contributed by atoms with van der Waals surface area (Å²) in [6.45, 7) is 1.83. The lowest BCUT2D eigenvalue weighted by Gasteiger charge is -2.12. The molecule has 0 aliphatic heterocycles. The number of sulfonamides is 1. The van der Waals surface area contributed by atoms with Crippen LogP contribution in [-0.2, 0) is 10.0 Å². The van der Waals surface area contributed by atoms with Crippen molar-refractivity contribution in [1.29, 1.82) is 0 Å². The van der Waals surface area contributed by atoms with E-state index < -0.39 is 16.1 Å². The zero-order valence-electron chi connectivity index (χ0n) is 11.5. The van der Waals surface area contributed by atoms with Crippen LogP contribution < -0.4 is 4.72 Å². The van der Waals surface area contributed by atoms with Crippen LogP contribution in [0.4, 0.5) is 5.69 Å². The Hall–Kier alpha value is -1.56. The lowest BCUT2D eigenvalue weighted by molar-refractivity contribution is 0.173. The Morgan fingerprint density at radius 1 is 1.19 bits per heavy atom. The molecule has 0 saturated carbocycles. The van der Waals surface area contributed by atoms with Crippen molar-refractivity contribution in [2.45, 2.75) is 24.3 Å². The normalized spacial score (nSPS) is 12.9. The number of rotatable bonds is 5. The van der Waals surface area contributed by atoms with Gasteiger partial charge in [-0.1, -0.05) is 42.8 Å². The van der Waals surface area contributed by atoms with Crippen molar-refractivity contribution in [3.05, 3.63) is 59.1 Å². The van der Waals surface area contributed by atoms with Crippen molar-refractivity contribution in [3.8, 4) is 0 Å². The molecule has 0 amide bonds. The maximum Gasteiger partial charge on any atom is 0.261 e. The van der Waals surface area contributed by atoms with Gasteiger partial charge in [-0.25, -0.2) is 8.42 Å². The molecule has 0 heterocycles. The minimum Gasteiger partial charge on any atom is -0.388 e. The topological polar surface area (TPSA) is 66.4 Å². The highest BCUT2D eigenvalue weighted by atomic mass is 35.5. The van der Waals surface area contributed by atoms with Gasteiger partial charge < -0.3 is 5.11 Å². The highest BCUT2D eigenvalue weighted by Gasteiger charge is 2.17. The van der Waals surface area contributed by atoms with Gasteiger partial charge in [0.05, 0.1) is 21.7 Å². The van der Waals surface area contributed by atoms with E-state index in [4.69, 9.17) is 11.6 Å². The fourth-order valence-electron chi connectivity index (χ4n) is 1.87. The third-order valence-electron chi connectivity index (χ3n) is 3.06. The predicted octanol–water partition coefficient (Wildman–Crippen LogP) is 3.58. The molecule has 0 radical (unpaired) electrons. The molecular weight excluding hydrogens is 310 g/mol. The number of nitrogens with one attached hydrogen (secondary N) is 1. The van der Waals surface area contributed by atoms with Gasteiger partial charge in [-0.05, 0) is 36.2 Å². The largest absolute Gasteiger partial charge is 0.388 e. The first kappa shape index (κ1) is 15.8. The van der Waals surface area contributed by atoms with Crippen molar-refractivity contribution < 1.29 is 13.5 Å². The Labute approximate surface area is 129 Å². The summed E-state index contributed by atoms with van der Waals surface area (Å²) in [5.41, 5.74) is 0.889. The monoisotopic (exact) mass is 325 g/mol. The third-order valence-corrected chi connectivity index (χ3v) is 4.75. The van der Waals surface area contributed by atoms with Crippen molar-refractivity contribution in [3.63, 3.8) is 0 Å². The van der Waals surface area contributed by atoms with Gasteiger partial charge in [-0.3, -0.25) is 4.72 Å². The molecule has 2 aromatic rings. The van der Waals surface area contributed by atoms with E-state index in [0.717, 1.165) is 0 Å². The van der Waals surface area contributed by atoms with Gasteiger partial charge in [0.1, 0.15) is 0 Å². The molecule has 0 saturated heterocycles. The molecule has 4 nitrogen and oxygen atoms in total. The summed E-state index contributed by atoms with van der Waals surface area (Å²) in [6.07, 6.45) is -0.165. The Kier molecular flexibility index (Phi) is 4.88. The number of hydrogen-bond acceptors (Lipinski definition) is 3. The van der Waals surface area contributed by atoms with E-state index >= 15 is 0 Å². The van der Waals surface area contributed by atoms with E-state index in [-0.39, 0.29) is 4.90 Å². The number of aliphatic hydroxyl groups excluding tert-OH is 1. The minimum absolute atomic E-state index is 0.0902. The minimum atomic E-state index is -3.75. The maximum absolute atomic E-state index is 12.4. The van der Waals surface area contributed by atoms with Gasteiger partial charge >= 0.3 is 0 Å². The standard InChI is InChI=1S/C15H16ClNO3S/c1-2-15(18)11-6-5-7-12(10-11)21(19,20)17-14-9-4-3-8-13(14)16/h3-10,15,17-18H,2H2,1H3. The molecule has 0 aromatic heterocycles. The molecule has 0 aliphatic carbocycles. The molecular formula is C15H16ClNO3S. The molecule has 0 aliphatic rings. The molecule has 21 heavy (non-hydrogen) atoms. The Balaban J connectivity index is 2.34. The molecule has 1 atom stereocenters. The fourth-order valence-corrected chi connectivity index (χ4v) is 3.25. The highest BCUT2D eigenvalue weighted by molar-refractivity contribution is 7.92. The molecule has 6 heteroatoms. The van der Waals surface area contributed by atoms with Crippen molar-refractivity contribution in [2.24, 2.45) is 0 Å². The first-order valence-corrected chi connectivity index (χ1v) is 8.35. The van der Waals surface area contributed by atoms with E-state index in [9.17, 15) is 13.5 Å². The van der Waals surface area contributed by atoms with Crippen LogP contribution in [-0.4, -0.2) is 13.5 Å². The van der Waals surface area contributed by atoms with E-state index in [2.05, 4.69) is 4.72 Å². The zero-order chi connectivity index (χ0) is 15.5. The van der Waals surface area contributed by atoms with Gasteiger partial charge in [0.2, 0.25) is 0 Å². The van der Waals surface area contributed by atoms with Crippen LogP contribution in [0.3, 0.4) is 0 Å². The summed E-state index contributed by atoms with van der Waals surface area (Å²) in [7, 11) is -3.75. The summed E-state index contributed by atoms with van der Waals surface area (Å²) >= 11 is 5.95. The SMILES string of the molecule is CCC(O)c1cccc(S(=O)(=O)Nc2ccccc2Cl)c1. The average molecular weight is 326 g/mol. The first-order valence-electron chi connectivity index (χ1n) is 6.49. The lowest BCUT2D eigenvalue weighted by Crippen LogP contribution is -2.13. The van der Waals surface area contributed by atoms with Crippen molar-refractivity contribution in [1.82, 2.24) is 0 Å². The van der Waals surface area contributed by atoms with Gasteiger partial charge in [0.25, 0.3) is 10.0 Å². The average Bonchev–Trinajstić information content (AvgIpc) is 2.49. The van der Waals surface area contributed by atoms with Crippen LogP contribution >= 0.6 is 11.6 Å². The lowest BCUT2D eigenvalue weighted by atomic mass is 10.1. The second-order valence-electron chi connectivity index (χ2n) is 4.58. The van der Waals surface area contributed by atoms with Crippen LogP contribution in [0.15, 0.2) is 53.4 Å². The first-order chi connectivity index (χ1) is 9.94. The Morgan fingerprint density at radius 2 is 1.90 bits per heavy atom. The smallest absolute Gasteiger partial charge is 0.261 e. The van der Waals surface area contributed by atoms with Crippen LogP contribution in [0.5, 0.6) is 0 Å². The second-order valence-corrected chi connectivity index (χ2v) is 6.67. The fraction of sp³-hybridized carbons (Fsp3) is 0.200. The van der Waals surface area contributed by atoms with Gasteiger partial charge in [-0.15, -0.1) is 0 Å². The van der Waals surface area contributed by atoms with Crippen LogP contribution in [0.1, 0.15) is 25.0 Å². The Morgan fingerprint density at radius 3 is 2.57 bits per heavy atom. The summed E-state index contributed by atoms with van der Waals surface area (Å²) in [4.78, 5) is 0.0902. The number of anilines is 1. The molecule has 0 spiro atoms. The predicted molar refractivity (Wildman–Crippen MR) is 84.0 cm³/mol. The summed E-state index contributed by atoms with van der Waals surface area (Å²) in [5.74, 6) is 0. The molecule has 112 valence electrons. The number of halogens is 1. The van der Waals surface area contributed by atoms with Crippen molar-refractivity contribution in [2.75, 3.05) is 4.72 Å². The molecule has 2 rings (SSSR count). The maximum atomic E-state index is 12.4. The second kappa shape index (κ2) is 6.47. The van der Waals surface area contributed by atoms with Gasteiger partial charge in [0.15, 0.2) is 0 Å². The number of aliphatic hydroxyl groups is 1. The third kappa shape index (κ3) is 3.75. The van der Waals surface area contributed by atoms with E-state index in [1.165, 1.54) is 12.1 Å². The summed E-state index contributed by atoms with van der Waals surface area (Å²) < 4.78 is 27.2. The quantitative estimate of drug-likeness (QED) is 0.883. The molecule has 1 unspecified atom stereocenters. The number of hydrogen-bond donors (Lipinski definition) is 2. The van der Waals surface area contributed by atoms with Crippen LogP contribution in [0.2, 0.25) is 5.02 Å². The van der Waals surface area contributed by atoms with E-state index in [1.54, 1.807) is 36.4 Å². The van der Waals surface area contributed by atoms with Gasteiger partial charge in [-0.2, -0.15) is 0 Å². The highest BCUT2D eigenvalue weighted by Crippen LogP contribution is 2.25. The summed E-state index contributed by atoms with van der Waals surface area (Å²) in [6, 6.07) is 12.9. The Bertz CT molecular complexity index is 731. The number of para-hydroxylation sites is 1. The molecule has 2 aromatic carbocycles. The van der Waals surface area contributed by atoms with Gasteiger partial charge in [0, 0.05) is 0 Å². The molecule has 0 bridgehead atoms. The van der Waals surface area contributed by atoms with Crippen LogP contribution in [0, 0.1) is 0 Å². The molecule has 0 fully saturated rings. The van der Waals surface area contributed by atoms with E-state index in [0.29, 0.717) is 22.7 Å².